The van der Waals surface area contributed by atoms with Crippen LogP contribution in [0.1, 0.15) is 12.6 Å². The van der Waals surface area contributed by atoms with E-state index in [1.54, 1.807) is 4.90 Å². The van der Waals surface area contributed by atoms with Gasteiger partial charge in [-0.25, -0.2) is 9.97 Å². The van der Waals surface area contributed by atoms with Gasteiger partial charge >= 0.3 is 6.18 Å². The van der Waals surface area contributed by atoms with Crippen molar-refractivity contribution in [2.45, 2.75) is 19.1 Å². The number of nitrogens with zero attached hydrogens (tertiary/aromatic N) is 4. The second kappa shape index (κ2) is 5.13. The second-order valence-corrected chi connectivity index (χ2v) is 4.99. The van der Waals surface area contributed by atoms with Gasteiger partial charge in [0.25, 0.3) is 0 Å². The number of likely N-dealkylation sites (N-methyl/N-ethyl adjacent to an activating group) is 1. The summed E-state index contributed by atoms with van der Waals surface area (Å²) in [5, 5.41) is -0.378. The predicted molar refractivity (Wildman–Crippen MR) is 66.3 cm³/mol. The SMILES string of the molecule is CC1CN(c2cc(C(F)(F)F)nc(Cl)n2)CCN1C. The minimum atomic E-state index is -4.51. The van der Waals surface area contributed by atoms with Crippen LogP contribution in [0.4, 0.5) is 19.0 Å². The van der Waals surface area contributed by atoms with E-state index in [0.29, 0.717) is 13.1 Å². The summed E-state index contributed by atoms with van der Waals surface area (Å²) in [6, 6.07) is 1.20. The number of halogens is 4. The zero-order chi connectivity index (χ0) is 14.2. The van der Waals surface area contributed by atoms with Crippen molar-refractivity contribution in [3.05, 3.63) is 17.0 Å². The molecule has 106 valence electrons. The van der Waals surface area contributed by atoms with Crippen LogP contribution in [0.25, 0.3) is 0 Å². The Bertz CT molecular complexity index is 466. The summed E-state index contributed by atoms with van der Waals surface area (Å²) < 4.78 is 38.0. The summed E-state index contributed by atoms with van der Waals surface area (Å²) in [6.07, 6.45) is -4.51. The fraction of sp³-hybridized carbons (Fsp3) is 0.636. The molecule has 1 aromatic rings. The highest BCUT2D eigenvalue weighted by Gasteiger charge is 2.34. The van der Waals surface area contributed by atoms with E-state index in [4.69, 9.17) is 11.6 Å². The third-order valence-corrected chi connectivity index (χ3v) is 3.43. The highest BCUT2D eigenvalue weighted by atomic mass is 35.5. The molecule has 1 aliphatic heterocycles. The molecule has 0 bridgehead atoms. The average molecular weight is 295 g/mol. The van der Waals surface area contributed by atoms with Gasteiger partial charge in [-0.1, -0.05) is 0 Å². The zero-order valence-corrected chi connectivity index (χ0v) is 11.3. The number of aromatic nitrogens is 2. The molecule has 0 spiro atoms. The summed E-state index contributed by atoms with van der Waals surface area (Å²) in [5.41, 5.74) is -1.01. The topological polar surface area (TPSA) is 32.3 Å². The number of hydrogen-bond acceptors (Lipinski definition) is 4. The molecule has 1 saturated heterocycles. The van der Waals surface area contributed by atoms with Gasteiger partial charge in [-0.15, -0.1) is 0 Å². The monoisotopic (exact) mass is 294 g/mol. The van der Waals surface area contributed by atoms with Crippen LogP contribution in [0.15, 0.2) is 6.07 Å². The normalized spacial score (nSPS) is 21.8. The Morgan fingerprint density at radius 1 is 1.32 bits per heavy atom. The minimum Gasteiger partial charge on any atom is -0.354 e. The molecule has 8 heteroatoms. The van der Waals surface area contributed by atoms with Crippen LogP contribution in [0, 0.1) is 0 Å². The van der Waals surface area contributed by atoms with Crippen LogP contribution in [0.3, 0.4) is 0 Å². The number of hydrogen-bond donors (Lipinski definition) is 0. The highest BCUT2D eigenvalue weighted by molar-refractivity contribution is 6.28. The summed E-state index contributed by atoms with van der Waals surface area (Å²) in [6.45, 7) is 4.01. The molecule has 0 radical (unpaired) electrons. The molecular formula is C11H14ClF3N4. The molecule has 2 rings (SSSR count). The van der Waals surface area contributed by atoms with Crippen molar-refractivity contribution in [3.8, 4) is 0 Å². The maximum absolute atomic E-state index is 12.7. The molecule has 0 amide bonds. The zero-order valence-electron chi connectivity index (χ0n) is 10.6. The minimum absolute atomic E-state index is 0.229. The van der Waals surface area contributed by atoms with Gasteiger partial charge < -0.3 is 9.80 Å². The van der Waals surface area contributed by atoms with Crippen molar-refractivity contribution in [3.63, 3.8) is 0 Å². The van der Waals surface area contributed by atoms with Gasteiger partial charge in [0.05, 0.1) is 0 Å². The molecule has 0 aliphatic carbocycles. The molecule has 4 nitrogen and oxygen atoms in total. The first-order valence-corrected chi connectivity index (χ1v) is 6.22. The maximum atomic E-state index is 12.7. The molecule has 0 N–H and O–H groups in total. The van der Waals surface area contributed by atoms with E-state index in [2.05, 4.69) is 14.9 Å². The van der Waals surface area contributed by atoms with Crippen LogP contribution < -0.4 is 4.90 Å². The van der Waals surface area contributed by atoms with E-state index in [-0.39, 0.29) is 17.1 Å². The Hall–Kier alpha value is -1.08. The summed E-state index contributed by atoms with van der Waals surface area (Å²) in [4.78, 5) is 11.1. The largest absolute Gasteiger partial charge is 0.433 e. The van der Waals surface area contributed by atoms with E-state index >= 15 is 0 Å². The van der Waals surface area contributed by atoms with Gasteiger partial charge in [-0.3, -0.25) is 0 Å². The van der Waals surface area contributed by atoms with Crippen LogP contribution in [0.5, 0.6) is 0 Å². The molecular weight excluding hydrogens is 281 g/mol. The van der Waals surface area contributed by atoms with Crippen molar-refractivity contribution in [2.75, 3.05) is 31.6 Å². The lowest BCUT2D eigenvalue weighted by Crippen LogP contribution is -2.50. The number of anilines is 1. The van der Waals surface area contributed by atoms with Crippen molar-refractivity contribution in [2.24, 2.45) is 0 Å². The molecule has 19 heavy (non-hydrogen) atoms. The lowest BCUT2D eigenvalue weighted by atomic mass is 10.2. The first-order chi connectivity index (χ1) is 8.77. The Balaban J connectivity index is 2.28. The summed E-state index contributed by atoms with van der Waals surface area (Å²) >= 11 is 5.58. The lowest BCUT2D eigenvalue weighted by molar-refractivity contribution is -0.141. The molecule has 1 atom stereocenters. The maximum Gasteiger partial charge on any atom is 0.433 e. The van der Waals surface area contributed by atoms with Crippen LogP contribution in [-0.2, 0) is 6.18 Å². The van der Waals surface area contributed by atoms with E-state index in [1.165, 1.54) is 0 Å². The third kappa shape index (κ3) is 3.27. The van der Waals surface area contributed by atoms with Gasteiger partial charge in [0.2, 0.25) is 5.28 Å². The quantitative estimate of drug-likeness (QED) is 0.744. The van der Waals surface area contributed by atoms with Gasteiger partial charge in [0, 0.05) is 31.7 Å². The van der Waals surface area contributed by atoms with Gasteiger partial charge in [-0.2, -0.15) is 13.2 Å². The standard InChI is InChI=1S/C11H14ClF3N4/c1-7-6-19(4-3-18(7)2)9-5-8(11(13,14)15)16-10(12)17-9/h5,7H,3-4,6H2,1-2H3. The molecule has 1 aliphatic rings. The first-order valence-electron chi connectivity index (χ1n) is 5.84. The third-order valence-electron chi connectivity index (χ3n) is 3.26. The fourth-order valence-corrected chi connectivity index (χ4v) is 2.15. The average Bonchev–Trinajstić information content (AvgIpc) is 2.31. The summed E-state index contributed by atoms with van der Waals surface area (Å²) in [5.74, 6) is 0.229. The van der Waals surface area contributed by atoms with E-state index in [0.717, 1.165) is 12.6 Å². The van der Waals surface area contributed by atoms with E-state index in [1.807, 2.05) is 14.0 Å². The van der Waals surface area contributed by atoms with Gasteiger partial charge in [-0.05, 0) is 25.6 Å². The number of alkyl halides is 3. The van der Waals surface area contributed by atoms with Crippen molar-refractivity contribution >= 4 is 17.4 Å². The van der Waals surface area contributed by atoms with Gasteiger partial charge in [0.15, 0.2) is 5.69 Å². The lowest BCUT2D eigenvalue weighted by Gasteiger charge is -2.38. The van der Waals surface area contributed by atoms with Crippen LogP contribution >= 0.6 is 11.6 Å². The molecule has 0 saturated carbocycles. The molecule has 2 heterocycles. The Kier molecular flexibility index (Phi) is 3.87. The van der Waals surface area contributed by atoms with Crippen LogP contribution in [-0.4, -0.2) is 47.6 Å². The molecule has 1 unspecified atom stereocenters. The highest BCUT2D eigenvalue weighted by Crippen LogP contribution is 2.30. The van der Waals surface area contributed by atoms with Crippen molar-refractivity contribution < 1.29 is 13.2 Å². The number of rotatable bonds is 1. The first kappa shape index (κ1) is 14.3. The van der Waals surface area contributed by atoms with Crippen molar-refractivity contribution in [1.29, 1.82) is 0 Å². The molecule has 1 fully saturated rings. The van der Waals surface area contributed by atoms with Crippen molar-refractivity contribution in [1.82, 2.24) is 14.9 Å². The smallest absolute Gasteiger partial charge is 0.354 e. The molecule has 0 aromatic carbocycles. The Labute approximate surface area is 114 Å². The Morgan fingerprint density at radius 3 is 2.58 bits per heavy atom. The van der Waals surface area contributed by atoms with E-state index < -0.39 is 11.9 Å². The second-order valence-electron chi connectivity index (χ2n) is 4.65. The summed E-state index contributed by atoms with van der Waals surface area (Å²) in [7, 11) is 1.98. The fourth-order valence-electron chi connectivity index (χ4n) is 1.97. The Morgan fingerprint density at radius 2 is 2.00 bits per heavy atom. The van der Waals surface area contributed by atoms with Crippen LogP contribution in [0.2, 0.25) is 5.28 Å². The predicted octanol–water partition coefficient (Wildman–Crippen LogP) is 2.29. The van der Waals surface area contributed by atoms with Gasteiger partial charge in [0.1, 0.15) is 5.82 Å². The number of piperazine rings is 1. The molecule has 1 aromatic heterocycles. The van der Waals surface area contributed by atoms with E-state index in [9.17, 15) is 13.2 Å².